The van der Waals surface area contributed by atoms with Crippen molar-refractivity contribution in [3.63, 3.8) is 0 Å². The van der Waals surface area contributed by atoms with E-state index in [0.717, 1.165) is 12.8 Å². The lowest BCUT2D eigenvalue weighted by Gasteiger charge is -2.28. The second kappa shape index (κ2) is 3.52. The minimum absolute atomic E-state index is 0.147. The van der Waals surface area contributed by atoms with Gasteiger partial charge in [-0.1, -0.05) is 32.4 Å². The van der Waals surface area contributed by atoms with Crippen LogP contribution in [0, 0.1) is 11.3 Å². The van der Waals surface area contributed by atoms with Gasteiger partial charge in [0, 0.05) is 0 Å². The molecule has 0 bridgehead atoms. The maximum atomic E-state index is 10.7. The van der Waals surface area contributed by atoms with Crippen molar-refractivity contribution >= 4 is 5.97 Å². The zero-order chi connectivity index (χ0) is 10.1. The van der Waals surface area contributed by atoms with Gasteiger partial charge >= 0.3 is 5.97 Å². The molecular formula is C11H18O2. The first-order valence-corrected chi connectivity index (χ1v) is 4.83. The number of aliphatic carboxylic acids is 1. The van der Waals surface area contributed by atoms with E-state index in [2.05, 4.69) is 26.8 Å². The molecule has 1 aliphatic rings. The zero-order valence-corrected chi connectivity index (χ0v) is 8.63. The summed E-state index contributed by atoms with van der Waals surface area (Å²) in [6, 6.07) is 0. The molecule has 74 valence electrons. The third-order valence-electron chi connectivity index (χ3n) is 2.72. The maximum Gasteiger partial charge on any atom is 0.306 e. The average Bonchev–Trinajstić information content (AvgIpc) is 2.03. The van der Waals surface area contributed by atoms with Gasteiger partial charge in [-0.05, 0) is 24.7 Å². The predicted octanol–water partition coefficient (Wildman–Crippen LogP) is 2.84. The molecule has 0 aliphatic heterocycles. The summed E-state index contributed by atoms with van der Waals surface area (Å²) in [5, 5.41) is 8.80. The van der Waals surface area contributed by atoms with Crippen molar-refractivity contribution in [2.45, 2.75) is 40.0 Å². The third-order valence-corrected chi connectivity index (χ3v) is 2.72. The Morgan fingerprint density at radius 2 is 2.15 bits per heavy atom. The van der Waals surface area contributed by atoms with Gasteiger partial charge in [-0.2, -0.15) is 0 Å². The summed E-state index contributed by atoms with van der Waals surface area (Å²) in [6.45, 7) is 6.54. The molecule has 1 rings (SSSR count). The van der Waals surface area contributed by atoms with Crippen LogP contribution >= 0.6 is 0 Å². The van der Waals surface area contributed by atoms with E-state index in [-0.39, 0.29) is 11.3 Å². The number of hydrogen-bond donors (Lipinski definition) is 1. The number of carbonyl (C=O) groups is 1. The van der Waals surface area contributed by atoms with E-state index in [1.165, 1.54) is 5.57 Å². The Hall–Kier alpha value is -0.790. The van der Waals surface area contributed by atoms with Gasteiger partial charge < -0.3 is 5.11 Å². The number of carboxylic acids is 1. The fraction of sp³-hybridized carbons (Fsp3) is 0.727. The van der Waals surface area contributed by atoms with Crippen LogP contribution in [-0.4, -0.2) is 11.1 Å². The minimum Gasteiger partial charge on any atom is -0.481 e. The van der Waals surface area contributed by atoms with Crippen LogP contribution in [0.5, 0.6) is 0 Å². The first-order chi connectivity index (χ1) is 5.91. The topological polar surface area (TPSA) is 37.3 Å². The molecule has 0 amide bonds. The summed E-state index contributed by atoms with van der Waals surface area (Å²) in [5.74, 6) is -0.796. The van der Waals surface area contributed by atoms with Gasteiger partial charge in [-0.15, -0.1) is 0 Å². The van der Waals surface area contributed by atoms with Crippen LogP contribution in [0.1, 0.15) is 40.0 Å². The van der Waals surface area contributed by atoms with Crippen LogP contribution in [0.2, 0.25) is 0 Å². The van der Waals surface area contributed by atoms with Crippen molar-refractivity contribution < 1.29 is 9.90 Å². The van der Waals surface area contributed by atoms with Gasteiger partial charge in [-0.25, -0.2) is 0 Å². The van der Waals surface area contributed by atoms with E-state index < -0.39 is 5.97 Å². The Bertz CT molecular complexity index is 233. The molecular weight excluding hydrogens is 164 g/mol. The molecule has 1 aliphatic carbocycles. The van der Waals surface area contributed by atoms with Crippen molar-refractivity contribution in [3.05, 3.63) is 11.6 Å². The van der Waals surface area contributed by atoms with Crippen LogP contribution < -0.4 is 0 Å². The Morgan fingerprint density at radius 1 is 1.54 bits per heavy atom. The Morgan fingerprint density at radius 3 is 2.46 bits per heavy atom. The molecule has 13 heavy (non-hydrogen) atoms. The zero-order valence-electron chi connectivity index (χ0n) is 8.63. The van der Waals surface area contributed by atoms with Gasteiger partial charge in [0.15, 0.2) is 0 Å². The molecule has 0 heterocycles. The summed E-state index contributed by atoms with van der Waals surface area (Å²) in [5.41, 5.74) is 1.62. The third kappa shape index (κ3) is 2.58. The lowest BCUT2D eigenvalue weighted by molar-refractivity contribution is -0.142. The highest BCUT2D eigenvalue weighted by Gasteiger charge is 2.25. The van der Waals surface area contributed by atoms with Crippen molar-refractivity contribution in [3.8, 4) is 0 Å². The Balaban J connectivity index is 2.63. The monoisotopic (exact) mass is 182 g/mol. The number of rotatable bonds is 1. The van der Waals surface area contributed by atoms with Crippen LogP contribution in [0.25, 0.3) is 0 Å². The van der Waals surface area contributed by atoms with Gasteiger partial charge in [0.2, 0.25) is 0 Å². The van der Waals surface area contributed by atoms with E-state index in [1.807, 2.05) is 0 Å². The Labute approximate surface area is 79.6 Å². The quantitative estimate of drug-likeness (QED) is 0.633. The van der Waals surface area contributed by atoms with Crippen molar-refractivity contribution in [1.82, 2.24) is 0 Å². The minimum atomic E-state index is -0.649. The number of allylic oxidation sites excluding steroid dienone is 2. The number of carboxylic acid groups (broad SMARTS) is 1. The normalized spacial score (nSPS) is 23.9. The molecule has 1 atom stereocenters. The molecule has 0 unspecified atom stereocenters. The fourth-order valence-corrected chi connectivity index (χ4v) is 1.74. The van der Waals surface area contributed by atoms with E-state index in [1.54, 1.807) is 0 Å². The highest BCUT2D eigenvalue weighted by atomic mass is 16.4. The summed E-state index contributed by atoms with van der Waals surface area (Å²) >= 11 is 0. The van der Waals surface area contributed by atoms with Crippen molar-refractivity contribution in [2.75, 3.05) is 0 Å². The molecule has 0 aromatic rings. The van der Waals surface area contributed by atoms with E-state index in [9.17, 15) is 4.79 Å². The molecule has 0 aromatic carbocycles. The molecule has 0 fully saturated rings. The SMILES string of the molecule is CC(C)(C)C1=CC[C@H](C(=O)O)CC1. The fourth-order valence-electron chi connectivity index (χ4n) is 1.74. The summed E-state index contributed by atoms with van der Waals surface area (Å²) in [6.07, 6.45) is 4.57. The molecule has 0 radical (unpaired) electrons. The highest BCUT2D eigenvalue weighted by Crippen LogP contribution is 2.35. The summed E-state index contributed by atoms with van der Waals surface area (Å²) < 4.78 is 0. The van der Waals surface area contributed by atoms with Crippen LogP contribution in [0.4, 0.5) is 0 Å². The van der Waals surface area contributed by atoms with Gasteiger partial charge in [0.05, 0.1) is 5.92 Å². The van der Waals surface area contributed by atoms with Gasteiger partial charge in [0.25, 0.3) is 0 Å². The standard InChI is InChI=1S/C11H18O2/c1-11(2,3)9-6-4-8(5-7-9)10(12)13/h6,8H,4-5,7H2,1-3H3,(H,12,13)/t8-/m0/s1. The van der Waals surface area contributed by atoms with Crippen molar-refractivity contribution in [2.24, 2.45) is 11.3 Å². The highest BCUT2D eigenvalue weighted by molar-refractivity contribution is 5.70. The molecule has 0 spiro atoms. The molecule has 1 N–H and O–H groups in total. The van der Waals surface area contributed by atoms with Crippen LogP contribution in [0.3, 0.4) is 0 Å². The predicted molar refractivity (Wildman–Crippen MR) is 52.5 cm³/mol. The van der Waals surface area contributed by atoms with Crippen LogP contribution in [-0.2, 0) is 4.79 Å². The average molecular weight is 182 g/mol. The van der Waals surface area contributed by atoms with E-state index in [0.29, 0.717) is 6.42 Å². The lowest BCUT2D eigenvalue weighted by atomic mass is 9.77. The largest absolute Gasteiger partial charge is 0.481 e. The maximum absolute atomic E-state index is 10.7. The Kier molecular flexibility index (Phi) is 2.79. The second-order valence-corrected chi connectivity index (χ2v) is 4.79. The summed E-state index contributed by atoms with van der Waals surface area (Å²) in [4.78, 5) is 10.7. The van der Waals surface area contributed by atoms with E-state index in [4.69, 9.17) is 5.11 Å². The van der Waals surface area contributed by atoms with E-state index >= 15 is 0 Å². The number of hydrogen-bond acceptors (Lipinski definition) is 1. The molecule has 0 saturated heterocycles. The van der Waals surface area contributed by atoms with Gasteiger partial charge in [0.1, 0.15) is 0 Å². The summed E-state index contributed by atoms with van der Waals surface area (Å²) in [7, 11) is 0. The smallest absolute Gasteiger partial charge is 0.306 e. The molecule has 0 saturated carbocycles. The molecule has 2 nitrogen and oxygen atoms in total. The first kappa shape index (κ1) is 10.3. The molecule has 2 heteroatoms. The lowest BCUT2D eigenvalue weighted by Crippen LogP contribution is -2.20. The second-order valence-electron chi connectivity index (χ2n) is 4.79. The van der Waals surface area contributed by atoms with Crippen molar-refractivity contribution in [1.29, 1.82) is 0 Å². The first-order valence-electron chi connectivity index (χ1n) is 4.83. The van der Waals surface area contributed by atoms with Gasteiger partial charge in [-0.3, -0.25) is 4.79 Å². The molecule has 0 aromatic heterocycles. The van der Waals surface area contributed by atoms with Crippen LogP contribution in [0.15, 0.2) is 11.6 Å².